The van der Waals surface area contributed by atoms with Gasteiger partial charge in [0, 0.05) is 18.9 Å². The summed E-state index contributed by atoms with van der Waals surface area (Å²) in [5.74, 6) is 0. The summed E-state index contributed by atoms with van der Waals surface area (Å²) in [6.07, 6.45) is 0. The molecule has 0 saturated carbocycles. The third-order valence-electron chi connectivity index (χ3n) is 3.19. The zero-order valence-corrected chi connectivity index (χ0v) is 13.8. The van der Waals surface area contributed by atoms with Crippen molar-refractivity contribution in [2.45, 2.75) is 0 Å². The number of hydrogen-bond acceptors (Lipinski definition) is 0. The Morgan fingerprint density at radius 1 is 0.400 bits per heavy atom. The molecule has 3 rings (SSSR count). The predicted molar refractivity (Wildman–Crippen MR) is 89.7 cm³/mol. The summed E-state index contributed by atoms with van der Waals surface area (Å²) < 4.78 is 4.50. The van der Waals surface area contributed by atoms with Gasteiger partial charge in [-0.05, 0) is 0 Å². The van der Waals surface area contributed by atoms with Gasteiger partial charge < -0.3 is 0 Å². The van der Waals surface area contributed by atoms with Gasteiger partial charge in [0.25, 0.3) is 0 Å². The van der Waals surface area contributed by atoms with E-state index in [0.29, 0.717) is 0 Å². The summed E-state index contributed by atoms with van der Waals surface area (Å²) in [5.41, 5.74) is 0. The molecule has 3 aromatic carbocycles. The fourth-order valence-electron chi connectivity index (χ4n) is 2.31. The Balaban J connectivity index is 0.00000147. The summed E-state index contributed by atoms with van der Waals surface area (Å²) in [5, 5.41) is 0. The topological polar surface area (TPSA) is 0 Å². The van der Waals surface area contributed by atoms with E-state index < -0.39 is 14.3 Å². The Morgan fingerprint density at radius 3 is 0.900 bits per heavy atom. The van der Waals surface area contributed by atoms with Crippen molar-refractivity contribution in [3.8, 4) is 0 Å². The first-order valence-corrected chi connectivity index (χ1v) is 9.63. The van der Waals surface area contributed by atoms with Crippen molar-refractivity contribution in [2.24, 2.45) is 0 Å². The molecule has 0 nitrogen and oxygen atoms in total. The Morgan fingerprint density at radius 2 is 0.650 bits per heavy atom. The molecule has 3 aromatic rings. The second-order valence-corrected chi connectivity index (χ2v) is 9.68. The van der Waals surface area contributed by atoms with Crippen LogP contribution in [0.15, 0.2) is 91.0 Å². The van der Waals surface area contributed by atoms with E-state index in [1.165, 1.54) is 13.2 Å². The third-order valence-corrected chi connectivity index (χ3v) is 8.92. The molecule has 0 atom stereocenters. The van der Waals surface area contributed by atoms with Gasteiger partial charge in [0.1, 0.15) is 0 Å². The van der Waals surface area contributed by atoms with Crippen LogP contribution < -0.4 is 13.2 Å². The monoisotopic (exact) mass is 312 g/mol. The molecule has 0 spiro atoms. The molecule has 2 radical (unpaired) electrons. The minimum absolute atomic E-state index is 0. The van der Waals surface area contributed by atoms with Gasteiger partial charge in [-0.25, -0.2) is 0 Å². The van der Waals surface area contributed by atoms with E-state index in [-0.39, 0.29) is 18.9 Å². The molecule has 0 aliphatic rings. The fourth-order valence-corrected chi connectivity index (χ4v) is 7.72. The molecule has 2 heteroatoms. The average molecular weight is 311 g/mol. The number of rotatable bonds is 3. The van der Waals surface area contributed by atoms with Crippen molar-refractivity contribution in [1.29, 1.82) is 0 Å². The maximum absolute atomic E-state index is 2.27. The first-order valence-electron chi connectivity index (χ1n) is 6.48. The Kier molecular flexibility index (Phi) is 5.73. The molecule has 0 heterocycles. The molecule has 92 valence electrons. The van der Waals surface area contributed by atoms with Crippen LogP contribution in [0.1, 0.15) is 0 Å². The van der Waals surface area contributed by atoms with E-state index in [4.69, 9.17) is 0 Å². The second kappa shape index (κ2) is 7.55. The number of benzene rings is 3. The summed E-state index contributed by atoms with van der Waals surface area (Å²) in [7, 11) is 0. The van der Waals surface area contributed by atoms with E-state index in [9.17, 15) is 0 Å². The van der Waals surface area contributed by atoms with E-state index in [2.05, 4.69) is 91.0 Å². The first kappa shape index (κ1) is 15.2. The van der Waals surface area contributed by atoms with Gasteiger partial charge in [0.15, 0.2) is 0 Å². The van der Waals surface area contributed by atoms with E-state index in [0.717, 1.165) is 0 Å². The van der Waals surface area contributed by atoms with Gasteiger partial charge >= 0.3 is 119 Å². The van der Waals surface area contributed by atoms with Crippen LogP contribution in [0.3, 0.4) is 0 Å². The van der Waals surface area contributed by atoms with Crippen molar-refractivity contribution in [3.05, 3.63) is 91.0 Å². The molecule has 0 aromatic heterocycles. The van der Waals surface area contributed by atoms with Crippen molar-refractivity contribution in [3.63, 3.8) is 0 Å². The molecule has 0 aliphatic carbocycles. The SMILES string of the molecule is [Li].c1cc[c]([Ge]([c]2ccccc2)[c]2ccccc2)cc1. The predicted octanol–water partition coefficient (Wildman–Crippen LogP) is 1.82. The van der Waals surface area contributed by atoms with Gasteiger partial charge in [0.05, 0.1) is 0 Å². The van der Waals surface area contributed by atoms with Crippen LogP contribution >= 0.6 is 0 Å². The summed E-state index contributed by atoms with van der Waals surface area (Å²) >= 11 is -1.63. The van der Waals surface area contributed by atoms with Crippen molar-refractivity contribution in [2.75, 3.05) is 0 Å². The van der Waals surface area contributed by atoms with E-state index in [1.54, 1.807) is 0 Å². The van der Waals surface area contributed by atoms with Crippen LogP contribution in [0, 0.1) is 0 Å². The van der Waals surface area contributed by atoms with Gasteiger partial charge in [-0.1, -0.05) is 0 Å². The van der Waals surface area contributed by atoms with Gasteiger partial charge in [-0.2, -0.15) is 0 Å². The first-order chi connectivity index (χ1) is 9.45. The Labute approximate surface area is 137 Å². The van der Waals surface area contributed by atoms with Crippen molar-refractivity contribution in [1.82, 2.24) is 0 Å². The molecular weight excluding hydrogens is 296 g/mol. The van der Waals surface area contributed by atoms with Crippen LogP contribution in [-0.4, -0.2) is 33.2 Å². The van der Waals surface area contributed by atoms with Crippen molar-refractivity contribution >= 4 is 46.4 Å². The minimum atomic E-state index is -1.63. The molecular formula is C18H15GeLi. The quantitative estimate of drug-likeness (QED) is 0.648. The van der Waals surface area contributed by atoms with E-state index in [1.807, 2.05) is 0 Å². The third kappa shape index (κ3) is 3.46. The molecule has 0 N–H and O–H groups in total. The van der Waals surface area contributed by atoms with E-state index >= 15 is 0 Å². The van der Waals surface area contributed by atoms with Crippen LogP contribution in [0.2, 0.25) is 0 Å². The standard InChI is InChI=1S/C18H15Ge.Li/c1-4-10-16(11-5-1)19(17-12-6-2-7-13-17)18-14-8-3-9-15-18;/h1-15H;. The fraction of sp³-hybridized carbons (Fsp3) is 0. The molecule has 0 bridgehead atoms. The van der Waals surface area contributed by atoms with Crippen LogP contribution in [0.5, 0.6) is 0 Å². The van der Waals surface area contributed by atoms with Crippen LogP contribution in [-0.2, 0) is 0 Å². The molecule has 0 fully saturated rings. The van der Waals surface area contributed by atoms with Gasteiger partial charge in [0.2, 0.25) is 0 Å². The van der Waals surface area contributed by atoms with Crippen LogP contribution in [0.25, 0.3) is 0 Å². The summed E-state index contributed by atoms with van der Waals surface area (Å²) in [6.45, 7) is 0. The summed E-state index contributed by atoms with van der Waals surface area (Å²) in [4.78, 5) is 0. The Hall–Kier alpha value is -1.20. The van der Waals surface area contributed by atoms with Crippen LogP contribution in [0.4, 0.5) is 0 Å². The molecule has 0 amide bonds. The number of hydrogen-bond donors (Lipinski definition) is 0. The average Bonchev–Trinajstić information content (AvgIpc) is 2.51. The summed E-state index contributed by atoms with van der Waals surface area (Å²) in [6, 6.07) is 32.8. The molecule has 20 heavy (non-hydrogen) atoms. The zero-order chi connectivity index (χ0) is 12.9. The Bertz CT molecular complexity index is 529. The van der Waals surface area contributed by atoms with Crippen molar-refractivity contribution < 1.29 is 0 Å². The zero-order valence-electron chi connectivity index (χ0n) is 11.7. The normalized spacial score (nSPS) is 10.1. The molecule has 0 aliphatic heterocycles. The second-order valence-electron chi connectivity index (χ2n) is 4.47. The van der Waals surface area contributed by atoms with Gasteiger partial charge in [-0.15, -0.1) is 0 Å². The molecule has 0 unspecified atom stereocenters. The van der Waals surface area contributed by atoms with Gasteiger partial charge in [-0.3, -0.25) is 0 Å². The molecule has 0 saturated heterocycles. The maximum atomic E-state index is 2.27.